The van der Waals surface area contributed by atoms with Crippen LogP contribution in [0.2, 0.25) is 0 Å². The molecule has 1 rings (SSSR count). The first-order valence-corrected chi connectivity index (χ1v) is 4.02. The summed E-state index contributed by atoms with van der Waals surface area (Å²) in [7, 11) is 1.81. The molecule has 0 aliphatic heterocycles. The summed E-state index contributed by atoms with van der Waals surface area (Å²) in [6, 6.07) is 0. The van der Waals surface area contributed by atoms with E-state index in [0.29, 0.717) is 5.92 Å². The van der Waals surface area contributed by atoms with Gasteiger partial charge >= 0.3 is 0 Å². The summed E-state index contributed by atoms with van der Waals surface area (Å²) in [5.74, 6) is 2.00. The lowest BCUT2D eigenvalue weighted by atomic mass is 10.1. The van der Waals surface area contributed by atoms with Gasteiger partial charge in [0, 0.05) is 5.92 Å². The predicted octanol–water partition coefficient (Wildman–Crippen LogP) is 0.816. The lowest BCUT2D eigenvalue weighted by Crippen LogP contribution is -2.27. The van der Waals surface area contributed by atoms with Gasteiger partial charge < -0.3 is 5.11 Å². The Labute approximate surface area is 62.6 Å². The number of aliphatic hydroxyl groups is 1. The predicted molar refractivity (Wildman–Crippen MR) is 41.5 cm³/mol. The quantitative estimate of drug-likeness (QED) is 0.573. The molecule has 1 saturated carbocycles. The molecule has 0 aromatic heterocycles. The molecule has 1 aliphatic carbocycles. The second-order valence-electron chi connectivity index (χ2n) is 3.54. The van der Waals surface area contributed by atoms with Gasteiger partial charge in [0.15, 0.2) is 0 Å². The first-order chi connectivity index (χ1) is 4.66. The summed E-state index contributed by atoms with van der Waals surface area (Å²) in [4.78, 5) is 0. The van der Waals surface area contributed by atoms with Crippen molar-refractivity contribution in [2.75, 3.05) is 7.05 Å². The maximum absolute atomic E-state index is 9.31. The molecule has 2 heteroatoms. The molecule has 2 N–H and O–H groups in total. The molecular formula is C8H17NO. The third-order valence-corrected chi connectivity index (χ3v) is 2.45. The first kappa shape index (κ1) is 8.02. The van der Waals surface area contributed by atoms with Gasteiger partial charge in [-0.3, -0.25) is 5.32 Å². The highest BCUT2D eigenvalue weighted by Crippen LogP contribution is 2.45. The number of nitrogens with one attached hydrogen (secondary N) is 1. The Morgan fingerprint density at radius 3 is 2.30 bits per heavy atom. The minimum Gasteiger partial charge on any atom is -0.378 e. The van der Waals surface area contributed by atoms with E-state index in [4.69, 9.17) is 0 Å². The number of hydrogen-bond acceptors (Lipinski definition) is 2. The molecule has 0 radical (unpaired) electrons. The van der Waals surface area contributed by atoms with Crippen LogP contribution < -0.4 is 5.32 Å². The van der Waals surface area contributed by atoms with E-state index in [-0.39, 0.29) is 6.23 Å². The van der Waals surface area contributed by atoms with E-state index in [1.54, 1.807) is 7.05 Å². The van der Waals surface area contributed by atoms with Gasteiger partial charge in [-0.1, -0.05) is 13.8 Å². The van der Waals surface area contributed by atoms with Crippen molar-refractivity contribution in [3.8, 4) is 0 Å². The smallest absolute Gasteiger partial charge is 0.107 e. The average molecular weight is 143 g/mol. The lowest BCUT2D eigenvalue weighted by Gasteiger charge is -2.09. The Hall–Kier alpha value is -0.0800. The van der Waals surface area contributed by atoms with Crippen molar-refractivity contribution in [3.05, 3.63) is 0 Å². The van der Waals surface area contributed by atoms with Crippen LogP contribution in [0.4, 0.5) is 0 Å². The van der Waals surface area contributed by atoms with Crippen molar-refractivity contribution in [3.63, 3.8) is 0 Å². The fourth-order valence-electron chi connectivity index (χ4n) is 1.58. The van der Waals surface area contributed by atoms with Crippen molar-refractivity contribution < 1.29 is 5.11 Å². The molecule has 0 aromatic rings. The van der Waals surface area contributed by atoms with Gasteiger partial charge in [-0.25, -0.2) is 0 Å². The fourth-order valence-corrected chi connectivity index (χ4v) is 1.58. The van der Waals surface area contributed by atoms with Gasteiger partial charge in [0.2, 0.25) is 0 Å². The highest BCUT2D eigenvalue weighted by molar-refractivity contribution is 4.91. The molecule has 1 fully saturated rings. The topological polar surface area (TPSA) is 32.3 Å². The molecule has 0 aromatic carbocycles. The molecule has 0 heterocycles. The molecule has 10 heavy (non-hydrogen) atoms. The average Bonchev–Trinajstić information content (AvgIpc) is 2.64. The number of aliphatic hydroxyl groups excluding tert-OH is 1. The highest BCUT2D eigenvalue weighted by atomic mass is 16.3. The van der Waals surface area contributed by atoms with Crippen molar-refractivity contribution in [2.24, 2.45) is 17.8 Å². The van der Waals surface area contributed by atoms with E-state index in [1.807, 2.05) is 0 Å². The van der Waals surface area contributed by atoms with Gasteiger partial charge in [-0.2, -0.15) is 0 Å². The van der Waals surface area contributed by atoms with Crippen LogP contribution in [0.3, 0.4) is 0 Å². The Kier molecular flexibility index (Phi) is 2.32. The summed E-state index contributed by atoms with van der Waals surface area (Å²) in [5.41, 5.74) is 0. The van der Waals surface area contributed by atoms with Crippen molar-refractivity contribution in [1.82, 2.24) is 5.32 Å². The zero-order chi connectivity index (χ0) is 7.72. The highest BCUT2D eigenvalue weighted by Gasteiger charge is 2.43. The number of hydrogen-bond donors (Lipinski definition) is 2. The van der Waals surface area contributed by atoms with Gasteiger partial charge in [-0.15, -0.1) is 0 Å². The third-order valence-electron chi connectivity index (χ3n) is 2.45. The summed E-state index contributed by atoms with van der Waals surface area (Å²) in [5, 5.41) is 12.2. The van der Waals surface area contributed by atoms with Crippen LogP contribution in [-0.2, 0) is 0 Å². The SMILES string of the molecule is CNC(O)[C@@H]1C[C@@H]1C(C)C. The van der Waals surface area contributed by atoms with Crippen molar-refractivity contribution in [1.29, 1.82) is 0 Å². The molecule has 2 nitrogen and oxygen atoms in total. The van der Waals surface area contributed by atoms with Crippen LogP contribution in [0.25, 0.3) is 0 Å². The Bertz CT molecular complexity index is 114. The summed E-state index contributed by atoms with van der Waals surface area (Å²) >= 11 is 0. The summed E-state index contributed by atoms with van der Waals surface area (Å²) in [6.07, 6.45) is 0.923. The molecule has 3 atom stereocenters. The second kappa shape index (κ2) is 2.89. The van der Waals surface area contributed by atoms with Crippen LogP contribution in [0.1, 0.15) is 20.3 Å². The monoisotopic (exact) mass is 143 g/mol. The zero-order valence-corrected chi connectivity index (χ0v) is 6.96. The second-order valence-corrected chi connectivity index (χ2v) is 3.54. The van der Waals surface area contributed by atoms with Crippen LogP contribution in [-0.4, -0.2) is 18.4 Å². The van der Waals surface area contributed by atoms with E-state index in [9.17, 15) is 5.11 Å². The third kappa shape index (κ3) is 1.50. The largest absolute Gasteiger partial charge is 0.378 e. The summed E-state index contributed by atoms with van der Waals surface area (Å²) in [6.45, 7) is 4.43. The van der Waals surface area contributed by atoms with Crippen molar-refractivity contribution in [2.45, 2.75) is 26.5 Å². The van der Waals surface area contributed by atoms with Crippen LogP contribution >= 0.6 is 0 Å². The molecule has 60 valence electrons. The molecule has 0 spiro atoms. The fraction of sp³-hybridized carbons (Fsp3) is 1.00. The molecule has 0 saturated heterocycles. The van der Waals surface area contributed by atoms with Gasteiger partial charge in [-0.05, 0) is 25.3 Å². The van der Waals surface area contributed by atoms with Gasteiger partial charge in [0.05, 0.1) is 0 Å². The Balaban J connectivity index is 2.24. The van der Waals surface area contributed by atoms with Crippen LogP contribution in [0, 0.1) is 17.8 Å². The normalized spacial score (nSPS) is 34.5. The van der Waals surface area contributed by atoms with E-state index in [1.165, 1.54) is 6.42 Å². The molecule has 1 aliphatic rings. The van der Waals surface area contributed by atoms with Crippen LogP contribution in [0.15, 0.2) is 0 Å². The van der Waals surface area contributed by atoms with Gasteiger partial charge in [0.1, 0.15) is 6.23 Å². The standard InChI is InChI=1S/C8H17NO/c1-5(2)6-4-7(6)8(10)9-3/h5-10H,4H2,1-3H3/t6-,7-,8?/m1/s1. The lowest BCUT2D eigenvalue weighted by molar-refractivity contribution is 0.114. The number of rotatable bonds is 3. The van der Waals surface area contributed by atoms with E-state index in [0.717, 1.165) is 11.8 Å². The van der Waals surface area contributed by atoms with Gasteiger partial charge in [0.25, 0.3) is 0 Å². The van der Waals surface area contributed by atoms with Crippen molar-refractivity contribution >= 4 is 0 Å². The van der Waals surface area contributed by atoms with Crippen LogP contribution in [0.5, 0.6) is 0 Å². The summed E-state index contributed by atoms with van der Waals surface area (Å²) < 4.78 is 0. The first-order valence-electron chi connectivity index (χ1n) is 4.02. The molecule has 0 amide bonds. The maximum atomic E-state index is 9.31. The molecule has 1 unspecified atom stereocenters. The minimum atomic E-state index is -0.271. The molecular weight excluding hydrogens is 126 g/mol. The van der Waals surface area contributed by atoms with E-state index in [2.05, 4.69) is 19.2 Å². The van der Waals surface area contributed by atoms with E-state index < -0.39 is 0 Å². The Morgan fingerprint density at radius 1 is 1.40 bits per heavy atom. The zero-order valence-electron chi connectivity index (χ0n) is 6.96. The minimum absolute atomic E-state index is 0.271. The van der Waals surface area contributed by atoms with E-state index >= 15 is 0 Å². The maximum Gasteiger partial charge on any atom is 0.107 e. The Morgan fingerprint density at radius 2 is 2.00 bits per heavy atom. The molecule has 0 bridgehead atoms.